The Bertz CT molecular complexity index is 405. The van der Waals surface area contributed by atoms with Crippen molar-refractivity contribution in [2.24, 2.45) is 0 Å². The van der Waals surface area contributed by atoms with E-state index in [0.717, 1.165) is 11.1 Å². The Kier molecular flexibility index (Phi) is 3.76. The zero-order chi connectivity index (χ0) is 12.3. The molecule has 0 aromatic heterocycles. The lowest BCUT2D eigenvalue weighted by atomic mass is 10.1. The number of aliphatic hydroxyl groups excluding tert-OH is 1. The number of morpholine rings is 1. The summed E-state index contributed by atoms with van der Waals surface area (Å²) in [5, 5.41) is 9.25. The number of hydrogen-bond donors (Lipinski definition) is 1. The molecule has 0 aliphatic carbocycles. The third-order valence-electron chi connectivity index (χ3n) is 3.11. The lowest BCUT2D eigenvalue weighted by Crippen LogP contribution is -2.50. The Morgan fingerprint density at radius 1 is 1.47 bits per heavy atom. The highest BCUT2D eigenvalue weighted by atomic mass is 16.5. The molecule has 0 spiro atoms. The van der Waals surface area contributed by atoms with Crippen molar-refractivity contribution in [3.63, 3.8) is 0 Å². The highest BCUT2D eigenvalue weighted by Crippen LogP contribution is 2.15. The fraction of sp³-hybridized carbons (Fsp3) is 0.462. The molecule has 92 valence electrons. The quantitative estimate of drug-likeness (QED) is 0.839. The standard InChI is InChI=1S/C13H17NO3/c1-10-4-2-3-5-11(10)6-14-12(7-15)8-17-9-13(14)16/h2-5,12,15H,6-9H2,1H3. The topological polar surface area (TPSA) is 49.8 Å². The van der Waals surface area contributed by atoms with Gasteiger partial charge in [0.2, 0.25) is 5.91 Å². The molecule has 17 heavy (non-hydrogen) atoms. The lowest BCUT2D eigenvalue weighted by Gasteiger charge is -2.34. The zero-order valence-electron chi connectivity index (χ0n) is 9.93. The Morgan fingerprint density at radius 2 is 2.24 bits per heavy atom. The first-order chi connectivity index (χ1) is 8.22. The van der Waals surface area contributed by atoms with E-state index in [9.17, 15) is 9.90 Å². The molecule has 2 rings (SSSR count). The monoisotopic (exact) mass is 235 g/mol. The fourth-order valence-electron chi connectivity index (χ4n) is 2.00. The maximum atomic E-state index is 11.8. The Labute approximate surface area is 101 Å². The highest BCUT2D eigenvalue weighted by molar-refractivity contribution is 5.78. The van der Waals surface area contributed by atoms with E-state index in [4.69, 9.17) is 4.74 Å². The van der Waals surface area contributed by atoms with Crippen LogP contribution >= 0.6 is 0 Å². The molecule has 1 fully saturated rings. The molecule has 1 N–H and O–H groups in total. The predicted molar refractivity (Wildman–Crippen MR) is 63.4 cm³/mol. The van der Waals surface area contributed by atoms with Crippen molar-refractivity contribution >= 4 is 5.91 Å². The van der Waals surface area contributed by atoms with Gasteiger partial charge < -0.3 is 14.7 Å². The summed E-state index contributed by atoms with van der Waals surface area (Å²) in [5.41, 5.74) is 2.27. The molecule has 1 atom stereocenters. The van der Waals surface area contributed by atoms with Crippen molar-refractivity contribution in [3.8, 4) is 0 Å². The van der Waals surface area contributed by atoms with Gasteiger partial charge in [-0.05, 0) is 18.1 Å². The lowest BCUT2D eigenvalue weighted by molar-refractivity contribution is -0.151. The molecule has 1 aromatic rings. The molecule has 1 heterocycles. The van der Waals surface area contributed by atoms with E-state index in [-0.39, 0.29) is 25.2 Å². The molecule has 4 nitrogen and oxygen atoms in total. The molecule has 1 aromatic carbocycles. The van der Waals surface area contributed by atoms with Gasteiger partial charge in [0, 0.05) is 6.54 Å². The SMILES string of the molecule is Cc1ccccc1CN1C(=O)COCC1CO. The summed E-state index contributed by atoms with van der Waals surface area (Å²) < 4.78 is 5.13. The van der Waals surface area contributed by atoms with Gasteiger partial charge in [0.1, 0.15) is 6.61 Å². The number of hydrogen-bond acceptors (Lipinski definition) is 3. The molecule has 1 amide bonds. The van der Waals surface area contributed by atoms with Gasteiger partial charge in [0.05, 0.1) is 19.3 Å². The third kappa shape index (κ3) is 2.65. The average Bonchev–Trinajstić information content (AvgIpc) is 2.34. The summed E-state index contributed by atoms with van der Waals surface area (Å²) >= 11 is 0. The molecule has 1 aliphatic heterocycles. The van der Waals surface area contributed by atoms with Crippen molar-refractivity contribution in [2.45, 2.75) is 19.5 Å². The second kappa shape index (κ2) is 5.29. The summed E-state index contributed by atoms with van der Waals surface area (Å²) in [4.78, 5) is 13.5. The molecule has 1 aliphatic rings. The zero-order valence-corrected chi connectivity index (χ0v) is 9.93. The van der Waals surface area contributed by atoms with E-state index >= 15 is 0 Å². The van der Waals surface area contributed by atoms with Crippen LogP contribution in [0.3, 0.4) is 0 Å². The van der Waals surface area contributed by atoms with Gasteiger partial charge in [0.15, 0.2) is 0 Å². The number of benzene rings is 1. The van der Waals surface area contributed by atoms with Crippen LogP contribution in [-0.4, -0.2) is 41.8 Å². The van der Waals surface area contributed by atoms with Gasteiger partial charge in [-0.2, -0.15) is 0 Å². The predicted octanol–water partition coefficient (Wildman–Crippen LogP) is 0.715. The summed E-state index contributed by atoms with van der Waals surface area (Å²) in [6, 6.07) is 7.74. The number of rotatable bonds is 3. The Morgan fingerprint density at radius 3 is 2.94 bits per heavy atom. The van der Waals surface area contributed by atoms with Crippen LogP contribution in [0.1, 0.15) is 11.1 Å². The number of nitrogens with zero attached hydrogens (tertiary/aromatic N) is 1. The van der Waals surface area contributed by atoms with Crippen LogP contribution in [0.2, 0.25) is 0 Å². The maximum Gasteiger partial charge on any atom is 0.249 e. The van der Waals surface area contributed by atoms with Crippen molar-refractivity contribution in [2.75, 3.05) is 19.8 Å². The van der Waals surface area contributed by atoms with Gasteiger partial charge >= 0.3 is 0 Å². The van der Waals surface area contributed by atoms with E-state index in [1.165, 1.54) is 0 Å². The van der Waals surface area contributed by atoms with Crippen LogP contribution in [0.4, 0.5) is 0 Å². The van der Waals surface area contributed by atoms with E-state index in [2.05, 4.69) is 0 Å². The Balaban J connectivity index is 2.15. The van der Waals surface area contributed by atoms with Gasteiger partial charge in [-0.15, -0.1) is 0 Å². The number of ether oxygens (including phenoxy) is 1. The smallest absolute Gasteiger partial charge is 0.249 e. The molecular weight excluding hydrogens is 218 g/mol. The third-order valence-corrected chi connectivity index (χ3v) is 3.11. The van der Waals surface area contributed by atoms with E-state index in [1.807, 2.05) is 31.2 Å². The van der Waals surface area contributed by atoms with E-state index in [0.29, 0.717) is 13.2 Å². The number of aliphatic hydroxyl groups is 1. The second-order valence-corrected chi connectivity index (χ2v) is 4.30. The van der Waals surface area contributed by atoms with Crippen LogP contribution in [-0.2, 0) is 16.1 Å². The second-order valence-electron chi connectivity index (χ2n) is 4.30. The van der Waals surface area contributed by atoms with E-state index in [1.54, 1.807) is 4.90 Å². The first-order valence-electron chi connectivity index (χ1n) is 5.75. The summed E-state index contributed by atoms with van der Waals surface area (Å²) in [5.74, 6) is -0.0569. The normalized spacial score (nSPS) is 20.7. The molecule has 4 heteroatoms. The van der Waals surface area contributed by atoms with Crippen molar-refractivity contribution in [3.05, 3.63) is 35.4 Å². The first kappa shape index (κ1) is 12.1. The number of carbonyl (C=O) groups excluding carboxylic acids is 1. The summed E-state index contributed by atoms with van der Waals surface area (Å²) in [7, 11) is 0. The number of amides is 1. The molecule has 0 bridgehead atoms. The fourth-order valence-corrected chi connectivity index (χ4v) is 2.00. The van der Waals surface area contributed by atoms with Crippen LogP contribution in [0.25, 0.3) is 0 Å². The average molecular weight is 235 g/mol. The molecule has 1 unspecified atom stereocenters. The molecule has 0 radical (unpaired) electrons. The van der Waals surface area contributed by atoms with Crippen LogP contribution in [0, 0.1) is 6.92 Å². The van der Waals surface area contributed by atoms with Crippen LogP contribution in [0.15, 0.2) is 24.3 Å². The van der Waals surface area contributed by atoms with Gasteiger partial charge in [-0.25, -0.2) is 0 Å². The maximum absolute atomic E-state index is 11.8. The number of aryl methyl sites for hydroxylation is 1. The minimum Gasteiger partial charge on any atom is -0.394 e. The summed E-state index contributed by atoms with van der Waals surface area (Å²) in [6.45, 7) is 3.03. The van der Waals surface area contributed by atoms with Crippen molar-refractivity contribution < 1.29 is 14.6 Å². The largest absolute Gasteiger partial charge is 0.394 e. The van der Waals surface area contributed by atoms with Gasteiger partial charge in [0.25, 0.3) is 0 Å². The minimum absolute atomic E-state index is 0.0569. The van der Waals surface area contributed by atoms with Gasteiger partial charge in [-0.3, -0.25) is 4.79 Å². The molecule has 1 saturated heterocycles. The van der Waals surface area contributed by atoms with Gasteiger partial charge in [-0.1, -0.05) is 24.3 Å². The van der Waals surface area contributed by atoms with Crippen molar-refractivity contribution in [1.82, 2.24) is 4.90 Å². The summed E-state index contributed by atoms with van der Waals surface area (Å²) in [6.07, 6.45) is 0. The molecular formula is C13H17NO3. The van der Waals surface area contributed by atoms with Crippen LogP contribution in [0.5, 0.6) is 0 Å². The highest BCUT2D eigenvalue weighted by Gasteiger charge is 2.28. The first-order valence-corrected chi connectivity index (χ1v) is 5.75. The Hall–Kier alpha value is -1.39. The molecule has 0 saturated carbocycles. The van der Waals surface area contributed by atoms with Crippen LogP contribution < -0.4 is 0 Å². The van der Waals surface area contributed by atoms with Crippen molar-refractivity contribution in [1.29, 1.82) is 0 Å². The van der Waals surface area contributed by atoms with E-state index < -0.39 is 0 Å². The minimum atomic E-state index is -0.226. The number of carbonyl (C=O) groups is 1.